The summed E-state index contributed by atoms with van der Waals surface area (Å²) in [6.45, 7) is 19.6. The van der Waals surface area contributed by atoms with Crippen LogP contribution in [0.25, 0.3) is 0 Å². The Balaban J connectivity index is 0.744. The molecule has 0 aromatic heterocycles. The van der Waals surface area contributed by atoms with Crippen molar-refractivity contribution in [2.45, 2.75) is 193 Å². The van der Waals surface area contributed by atoms with Gasteiger partial charge in [-0.3, -0.25) is 0 Å². The molecule has 0 N–H and O–H groups in total. The van der Waals surface area contributed by atoms with E-state index in [4.69, 9.17) is 42.6 Å². The largest absolute Gasteiger partial charge is 0.377 e. The highest BCUT2D eigenvalue weighted by molar-refractivity contribution is 4.93. The minimum atomic E-state index is -0.211. The maximum Gasteiger partial charge on any atom is 0.155 e. The van der Waals surface area contributed by atoms with Gasteiger partial charge in [-0.15, -0.1) is 0 Å². The first-order valence-corrected chi connectivity index (χ1v) is 22.1. The molecule has 0 spiro atoms. The molecular weight excluding hydrogens is 672 g/mol. The van der Waals surface area contributed by atoms with Crippen molar-refractivity contribution < 1.29 is 42.6 Å². The second-order valence-corrected chi connectivity index (χ2v) is 18.9. The van der Waals surface area contributed by atoms with Crippen LogP contribution < -0.4 is 0 Å². The normalized spacial score (nSPS) is 36.6. The summed E-state index contributed by atoms with van der Waals surface area (Å²) in [6, 6.07) is 0. The number of epoxide rings is 2. The highest BCUT2D eigenvalue weighted by Crippen LogP contribution is 2.50. The predicted octanol–water partition coefficient (Wildman–Crippen LogP) is 8.88. The Hall–Kier alpha value is -0.360. The summed E-state index contributed by atoms with van der Waals surface area (Å²) in [6.07, 6.45) is 21.3. The Morgan fingerprint density at radius 2 is 0.755 bits per heavy atom. The van der Waals surface area contributed by atoms with Crippen LogP contribution in [0.2, 0.25) is 0 Å². The van der Waals surface area contributed by atoms with Gasteiger partial charge in [-0.2, -0.15) is 0 Å². The summed E-state index contributed by atoms with van der Waals surface area (Å²) in [4.78, 5) is 0. The van der Waals surface area contributed by atoms with Crippen molar-refractivity contribution in [3.05, 3.63) is 0 Å². The number of rotatable bonds is 22. The molecule has 6 rings (SSSR count). The lowest BCUT2D eigenvalue weighted by Gasteiger charge is -2.46. The van der Waals surface area contributed by atoms with Crippen molar-refractivity contribution in [3.8, 4) is 0 Å². The fourth-order valence-corrected chi connectivity index (χ4v) is 10.6. The number of ether oxygens (including phenoxy) is 9. The van der Waals surface area contributed by atoms with Crippen molar-refractivity contribution in [1.29, 1.82) is 0 Å². The van der Waals surface area contributed by atoms with Gasteiger partial charge < -0.3 is 42.6 Å². The Labute approximate surface area is 322 Å². The molecule has 0 aromatic rings. The van der Waals surface area contributed by atoms with Gasteiger partial charge in [0.25, 0.3) is 0 Å². The molecule has 6 aliphatic rings. The quantitative estimate of drug-likeness (QED) is 0.0612. The molecule has 4 aliphatic carbocycles. The van der Waals surface area contributed by atoms with Crippen LogP contribution >= 0.6 is 0 Å². The van der Waals surface area contributed by atoms with Crippen molar-refractivity contribution in [2.24, 2.45) is 34.5 Å². The van der Waals surface area contributed by atoms with E-state index in [0.29, 0.717) is 73.9 Å². The average Bonchev–Trinajstić information content (AvgIpc) is 4.10. The number of hydrogen-bond acceptors (Lipinski definition) is 9. The third-order valence-electron chi connectivity index (χ3n) is 14.7. The van der Waals surface area contributed by atoms with Gasteiger partial charge in [0.05, 0.1) is 77.3 Å². The van der Waals surface area contributed by atoms with E-state index in [1.54, 1.807) is 0 Å². The number of hydrogen-bond donors (Lipinski definition) is 0. The molecule has 0 amide bonds. The van der Waals surface area contributed by atoms with Crippen LogP contribution in [0.3, 0.4) is 0 Å². The topological polar surface area (TPSA) is 89.7 Å². The maximum atomic E-state index is 6.32. The molecule has 0 bridgehead atoms. The smallest absolute Gasteiger partial charge is 0.155 e. The highest BCUT2D eigenvalue weighted by atomic mass is 16.7. The van der Waals surface area contributed by atoms with Crippen molar-refractivity contribution in [3.63, 3.8) is 0 Å². The summed E-state index contributed by atoms with van der Waals surface area (Å²) < 4.78 is 53.2. The third-order valence-corrected chi connectivity index (χ3v) is 14.7. The van der Waals surface area contributed by atoms with Crippen molar-refractivity contribution in [1.82, 2.24) is 0 Å². The first kappa shape index (κ1) is 42.3. The molecule has 2 saturated heterocycles. The molecular formula is C44H78O9. The van der Waals surface area contributed by atoms with Crippen LogP contribution in [0.1, 0.15) is 144 Å². The van der Waals surface area contributed by atoms with Gasteiger partial charge >= 0.3 is 0 Å². The van der Waals surface area contributed by atoms with E-state index in [1.165, 1.54) is 77.0 Å². The van der Waals surface area contributed by atoms with Crippen molar-refractivity contribution in [2.75, 3.05) is 52.9 Å². The van der Waals surface area contributed by atoms with Gasteiger partial charge in [0, 0.05) is 0 Å². The summed E-state index contributed by atoms with van der Waals surface area (Å²) in [5, 5.41) is 0. The zero-order valence-electron chi connectivity index (χ0n) is 34.6. The second-order valence-electron chi connectivity index (χ2n) is 18.9. The minimum absolute atomic E-state index is 0.211. The summed E-state index contributed by atoms with van der Waals surface area (Å²) in [5.41, 5.74) is 0.752. The molecule has 4 saturated carbocycles. The van der Waals surface area contributed by atoms with Crippen LogP contribution in [-0.4, -0.2) is 102 Å². The summed E-state index contributed by atoms with van der Waals surface area (Å²) in [5.74, 6) is 3.13. The summed E-state index contributed by atoms with van der Waals surface area (Å²) in [7, 11) is 0. The molecule has 2 aliphatic heterocycles. The van der Waals surface area contributed by atoms with E-state index in [-0.39, 0.29) is 12.6 Å². The molecule has 4 unspecified atom stereocenters. The van der Waals surface area contributed by atoms with Crippen LogP contribution in [0.5, 0.6) is 0 Å². The third kappa shape index (κ3) is 13.3. The van der Waals surface area contributed by atoms with Gasteiger partial charge in [-0.1, -0.05) is 27.7 Å². The molecule has 308 valence electrons. The molecule has 9 nitrogen and oxygen atoms in total. The van der Waals surface area contributed by atoms with E-state index in [2.05, 4.69) is 27.7 Å². The maximum absolute atomic E-state index is 6.32. The second kappa shape index (κ2) is 20.4. The van der Waals surface area contributed by atoms with Crippen LogP contribution in [-0.2, 0) is 42.6 Å². The fraction of sp³-hybridized carbons (Fsp3) is 1.00. The van der Waals surface area contributed by atoms with E-state index in [0.717, 1.165) is 75.8 Å². The average molecular weight is 751 g/mol. The lowest BCUT2D eigenvalue weighted by atomic mass is 9.60. The Kier molecular flexibility index (Phi) is 16.2. The molecule has 9 heteroatoms. The first-order chi connectivity index (χ1) is 25.6. The van der Waals surface area contributed by atoms with E-state index in [1.807, 2.05) is 13.8 Å². The van der Waals surface area contributed by atoms with Gasteiger partial charge in [0.2, 0.25) is 0 Å². The predicted molar refractivity (Wildman–Crippen MR) is 206 cm³/mol. The van der Waals surface area contributed by atoms with Gasteiger partial charge in [0.1, 0.15) is 12.2 Å². The van der Waals surface area contributed by atoms with Crippen LogP contribution in [0, 0.1) is 34.5 Å². The first-order valence-electron chi connectivity index (χ1n) is 22.1. The Morgan fingerprint density at radius 1 is 0.453 bits per heavy atom. The van der Waals surface area contributed by atoms with E-state index >= 15 is 0 Å². The zero-order chi connectivity index (χ0) is 37.3. The molecule has 4 atom stereocenters. The fourth-order valence-electron chi connectivity index (χ4n) is 10.6. The highest BCUT2D eigenvalue weighted by Gasteiger charge is 2.43. The molecule has 2 heterocycles. The molecule has 53 heavy (non-hydrogen) atoms. The lowest BCUT2D eigenvalue weighted by molar-refractivity contribution is -0.184. The van der Waals surface area contributed by atoms with Gasteiger partial charge in [0.15, 0.2) is 12.6 Å². The van der Waals surface area contributed by atoms with Crippen LogP contribution in [0.4, 0.5) is 0 Å². The van der Waals surface area contributed by atoms with Gasteiger partial charge in [-0.05, 0) is 151 Å². The molecule has 6 fully saturated rings. The lowest BCUT2D eigenvalue weighted by Crippen LogP contribution is -2.39. The minimum Gasteiger partial charge on any atom is -0.377 e. The van der Waals surface area contributed by atoms with Crippen molar-refractivity contribution >= 4 is 0 Å². The monoisotopic (exact) mass is 751 g/mol. The standard InChI is InChI=1S/C44H78O9/c1-31(52-39-19-11-35(12-20-39)43(3,4)33-7-15-37(16-8-33)48-27-41-29-50-41)46-25-23-45-24-26-47-32(2)53-40-21-13-36(14-22-40)44(5,6)34-9-17-38(18-10-34)49-28-42-30-51-42/h31-42H,7-30H2,1-6H3. The molecule has 0 aromatic carbocycles. The Morgan fingerprint density at radius 3 is 1.06 bits per heavy atom. The van der Waals surface area contributed by atoms with Crippen LogP contribution in [0.15, 0.2) is 0 Å². The summed E-state index contributed by atoms with van der Waals surface area (Å²) >= 11 is 0. The van der Waals surface area contributed by atoms with Gasteiger partial charge in [-0.25, -0.2) is 0 Å². The SMILES string of the molecule is CC(OCCOCCOC(C)OC1CCC(C(C)(C)C2CCC(OCC3CO3)CC2)CC1)OC1CCC(C(C)(C)C2CCC(OCC3CO3)CC2)CC1. The Bertz CT molecular complexity index is 934. The van der Waals surface area contributed by atoms with E-state index in [9.17, 15) is 0 Å². The van der Waals surface area contributed by atoms with E-state index < -0.39 is 0 Å². The molecule has 0 radical (unpaired) electrons. The zero-order valence-corrected chi connectivity index (χ0v) is 34.6.